The Morgan fingerprint density at radius 3 is 2.25 bits per heavy atom. The zero-order valence-electron chi connectivity index (χ0n) is 15.1. The quantitative estimate of drug-likeness (QED) is 0.758. The van der Waals surface area contributed by atoms with Gasteiger partial charge in [0.25, 0.3) is 0 Å². The first kappa shape index (κ1) is 16.8. The van der Waals surface area contributed by atoms with Crippen LogP contribution in [0.4, 0.5) is 0 Å². The Kier molecular flexibility index (Phi) is 4.75. The molecule has 0 amide bonds. The summed E-state index contributed by atoms with van der Waals surface area (Å²) in [6, 6.07) is 13.1. The molecule has 0 bridgehead atoms. The van der Waals surface area contributed by atoms with Gasteiger partial charge in [0.15, 0.2) is 0 Å². The molecule has 0 aliphatic carbocycles. The molecule has 2 aromatic carbocycles. The predicted molar refractivity (Wildman–Crippen MR) is 97.3 cm³/mol. The van der Waals surface area contributed by atoms with Crippen molar-refractivity contribution < 1.29 is 9.53 Å². The average molecular weight is 322 g/mol. The average Bonchev–Trinajstić information content (AvgIpc) is 2.56. The Bertz CT molecular complexity index is 761. The van der Waals surface area contributed by atoms with Gasteiger partial charge in [-0.05, 0) is 73.9 Å². The van der Waals surface area contributed by atoms with E-state index in [9.17, 15) is 4.79 Å². The molecule has 126 valence electrons. The van der Waals surface area contributed by atoms with E-state index in [1.165, 1.54) is 33.4 Å². The second kappa shape index (κ2) is 6.80. The van der Waals surface area contributed by atoms with E-state index in [1.54, 1.807) is 0 Å². The number of cyclic esters (lactones) is 1. The third kappa shape index (κ3) is 3.53. The number of esters is 1. The van der Waals surface area contributed by atoms with Gasteiger partial charge in [0.05, 0.1) is 12.5 Å². The Labute approximate surface area is 144 Å². The SMILES string of the molecule is Cc1ccc(CC2CC(c3ccc(C)c(C)c3)COC2=O)cc1C. The van der Waals surface area contributed by atoms with Crippen molar-refractivity contribution in [3.63, 3.8) is 0 Å². The molecule has 1 fully saturated rings. The fourth-order valence-corrected chi connectivity index (χ4v) is 3.44. The molecule has 0 spiro atoms. The summed E-state index contributed by atoms with van der Waals surface area (Å²) >= 11 is 0. The molecular formula is C22H26O2. The largest absolute Gasteiger partial charge is 0.465 e. The summed E-state index contributed by atoms with van der Waals surface area (Å²) in [5.74, 6) is 0.208. The molecule has 2 nitrogen and oxygen atoms in total. The lowest BCUT2D eigenvalue weighted by molar-refractivity contribution is -0.154. The minimum absolute atomic E-state index is 0.0479. The highest BCUT2D eigenvalue weighted by molar-refractivity contribution is 5.74. The van der Waals surface area contributed by atoms with Crippen molar-refractivity contribution >= 4 is 5.97 Å². The lowest BCUT2D eigenvalue weighted by atomic mass is 9.83. The zero-order chi connectivity index (χ0) is 17.3. The molecular weight excluding hydrogens is 296 g/mol. The molecule has 2 atom stereocenters. The summed E-state index contributed by atoms with van der Waals surface area (Å²) in [6.07, 6.45) is 1.63. The van der Waals surface area contributed by atoms with E-state index < -0.39 is 0 Å². The normalized spacial score (nSPS) is 20.8. The number of hydrogen-bond acceptors (Lipinski definition) is 2. The van der Waals surface area contributed by atoms with Crippen molar-refractivity contribution in [2.45, 2.75) is 46.5 Å². The van der Waals surface area contributed by atoms with E-state index in [2.05, 4.69) is 64.1 Å². The van der Waals surface area contributed by atoms with Crippen LogP contribution in [0.15, 0.2) is 36.4 Å². The van der Waals surface area contributed by atoms with Gasteiger partial charge in [0.1, 0.15) is 0 Å². The number of ether oxygens (including phenoxy) is 1. The van der Waals surface area contributed by atoms with Gasteiger partial charge >= 0.3 is 5.97 Å². The van der Waals surface area contributed by atoms with Crippen molar-refractivity contribution in [2.24, 2.45) is 5.92 Å². The van der Waals surface area contributed by atoms with Crippen LogP contribution in [0, 0.1) is 33.6 Å². The maximum atomic E-state index is 12.2. The van der Waals surface area contributed by atoms with Crippen molar-refractivity contribution in [3.05, 3.63) is 69.8 Å². The topological polar surface area (TPSA) is 26.3 Å². The minimum atomic E-state index is -0.0486. The Morgan fingerprint density at radius 2 is 1.58 bits per heavy atom. The molecule has 24 heavy (non-hydrogen) atoms. The standard InChI is InChI=1S/C22H26O2/c1-14-5-7-18(9-16(14)3)11-20-12-21(13-24-22(20)23)19-8-6-15(2)17(4)10-19/h5-10,20-21H,11-13H2,1-4H3. The molecule has 3 rings (SSSR count). The van der Waals surface area contributed by atoms with Gasteiger partial charge < -0.3 is 4.74 Å². The molecule has 0 saturated carbocycles. The summed E-state index contributed by atoms with van der Waals surface area (Å²) in [5, 5.41) is 0. The summed E-state index contributed by atoms with van der Waals surface area (Å²) in [5.41, 5.74) is 7.69. The first-order valence-electron chi connectivity index (χ1n) is 8.74. The van der Waals surface area contributed by atoms with E-state index in [0.29, 0.717) is 12.5 Å². The molecule has 2 unspecified atom stereocenters. The Balaban J connectivity index is 1.76. The van der Waals surface area contributed by atoms with Gasteiger partial charge in [-0.15, -0.1) is 0 Å². The van der Waals surface area contributed by atoms with E-state index in [1.807, 2.05) is 0 Å². The highest BCUT2D eigenvalue weighted by Gasteiger charge is 2.31. The van der Waals surface area contributed by atoms with Crippen molar-refractivity contribution in [1.29, 1.82) is 0 Å². The lowest BCUT2D eigenvalue weighted by Gasteiger charge is -2.29. The Hall–Kier alpha value is -2.09. The smallest absolute Gasteiger partial charge is 0.309 e. The van der Waals surface area contributed by atoms with Crippen molar-refractivity contribution in [3.8, 4) is 0 Å². The number of carbonyl (C=O) groups excluding carboxylic acids is 1. The van der Waals surface area contributed by atoms with Crippen LogP contribution in [0.5, 0.6) is 0 Å². The monoisotopic (exact) mass is 322 g/mol. The Morgan fingerprint density at radius 1 is 0.917 bits per heavy atom. The lowest BCUT2D eigenvalue weighted by Crippen LogP contribution is -2.31. The van der Waals surface area contributed by atoms with E-state index in [4.69, 9.17) is 4.74 Å². The minimum Gasteiger partial charge on any atom is -0.465 e. The first-order chi connectivity index (χ1) is 11.4. The number of hydrogen-bond donors (Lipinski definition) is 0. The molecule has 0 radical (unpaired) electrons. The third-order valence-corrected chi connectivity index (χ3v) is 5.38. The van der Waals surface area contributed by atoms with Crippen LogP contribution in [-0.2, 0) is 16.0 Å². The third-order valence-electron chi connectivity index (χ3n) is 5.38. The number of rotatable bonds is 3. The van der Waals surface area contributed by atoms with Gasteiger partial charge in [-0.3, -0.25) is 4.79 Å². The highest BCUT2D eigenvalue weighted by Crippen LogP contribution is 2.32. The van der Waals surface area contributed by atoms with Crippen molar-refractivity contribution in [2.75, 3.05) is 6.61 Å². The maximum absolute atomic E-state index is 12.2. The second-order valence-corrected chi connectivity index (χ2v) is 7.23. The van der Waals surface area contributed by atoms with Crippen LogP contribution >= 0.6 is 0 Å². The molecule has 1 saturated heterocycles. The first-order valence-corrected chi connectivity index (χ1v) is 8.74. The van der Waals surface area contributed by atoms with Crippen LogP contribution < -0.4 is 0 Å². The molecule has 0 aromatic heterocycles. The van der Waals surface area contributed by atoms with Gasteiger partial charge in [0, 0.05) is 5.92 Å². The van der Waals surface area contributed by atoms with Gasteiger partial charge in [-0.2, -0.15) is 0 Å². The molecule has 0 N–H and O–H groups in total. The van der Waals surface area contributed by atoms with Crippen LogP contribution in [0.3, 0.4) is 0 Å². The van der Waals surface area contributed by atoms with E-state index in [-0.39, 0.29) is 11.9 Å². The van der Waals surface area contributed by atoms with E-state index in [0.717, 1.165) is 12.8 Å². The molecule has 2 heteroatoms. The number of carbonyl (C=O) groups is 1. The summed E-state index contributed by atoms with van der Waals surface area (Å²) in [4.78, 5) is 12.2. The molecule has 1 aliphatic rings. The molecule has 1 heterocycles. The fraction of sp³-hybridized carbons (Fsp3) is 0.409. The summed E-state index contributed by atoms with van der Waals surface area (Å²) in [7, 11) is 0. The zero-order valence-corrected chi connectivity index (χ0v) is 15.1. The second-order valence-electron chi connectivity index (χ2n) is 7.23. The van der Waals surface area contributed by atoms with Crippen LogP contribution in [-0.4, -0.2) is 12.6 Å². The van der Waals surface area contributed by atoms with E-state index >= 15 is 0 Å². The summed E-state index contributed by atoms with van der Waals surface area (Å²) in [6.45, 7) is 9.01. The fourth-order valence-electron chi connectivity index (χ4n) is 3.44. The maximum Gasteiger partial charge on any atom is 0.309 e. The molecule has 2 aromatic rings. The molecule has 1 aliphatic heterocycles. The van der Waals surface area contributed by atoms with Gasteiger partial charge in [-0.1, -0.05) is 36.4 Å². The summed E-state index contributed by atoms with van der Waals surface area (Å²) < 4.78 is 5.51. The van der Waals surface area contributed by atoms with Gasteiger partial charge in [-0.25, -0.2) is 0 Å². The van der Waals surface area contributed by atoms with Crippen LogP contribution in [0.1, 0.15) is 45.7 Å². The van der Waals surface area contributed by atoms with Crippen LogP contribution in [0.25, 0.3) is 0 Å². The number of benzene rings is 2. The van der Waals surface area contributed by atoms with Crippen LogP contribution in [0.2, 0.25) is 0 Å². The predicted octanol–water partition coefficient (Wildman–Crippen LogP) is 4.81. The highest BCUT2D eigenvalue weighted by atomic mass is 16.5. The van der Waals surface area contributed by atoms with Gasteiger partial charge in [0.2, 0.25) is 0 Å². The number of aryl methyl sites for hydroxylation is 4. The van der Waals surface area contributed by atoms with Crippen molar-refractivity contribution in [1.82, 2.24) is 0 Å².